The van der Waals surface area contributed by atoms with E-state index in [0.29, 0.717) is 17.7 Å². The molecule has 4 aromatic heterocycles. The fraction of sp³-hybridized carbons (Fsp3) is 0.564. The lowest BCUT2D eigenvalue weighted by atomic mass is 10.1. The van der Waals surface area contributed by atoms with Crippen LogP contribution in [0, 0.1) is 6.92 Å². The Labute approximate surface area is 374 Å². The van der Waals surface area contributed by atoms with Crippen molar-refractivity contribution in [3.8, 4) is 5.75 Å². The van der Waals surface area contributed by atoms with Crippen molar-refractivity contribution >= 4 is 59.9 Å². The second kappa shape index (κ2) is 20.3. The Morgan fingerprint density at radius 2 is 1.60 bits per heavy atom. The average Bonchev–Trinajstić information content (AvgIpc) is 4.05. The van der Waals surface area contributed by atoms with Crippen LogP contribution in [0.5, 0.6) is 5.75 Å². The summed E-state index contributed by atoms with van der Waals surface area (Å²) in [6.07, 6.45) is -3.35. The summed E-state index contributed by atoms with van der Waals surface area (Å²) in [5, 5.41) is 0. The largest absolute Gasteiger partial charge is 0.472 e. The highest BCUT2D eigenvalue weighted by molar-refractivity contribution is 8.56. The van der Waals surface area contributed by atoms with E-state index in [0.717, 1.165) is 49.7 Å². The number of aromatic nitrogens is 8. The number of hydrogen-bond acceptors (Lipinski definition) is 18. The highest BCUT2D eigenvalue weighted by Crippen LogP contribution is 2.62. The second-order valence-electron chi connectivity index (χ2n) is 15.8. The molecule has 1 aromatic carbocycles. The average molecular weight is 968 g/mol. The number of carbonyl (C=O) groups excluding carboxylic acids is 1. The van der Waals surface area contributed by atoms with Gasteiger partial charge in [-0.25, -0.2) is 38.3 Å². The molecule has 5 aromatic rings. The van der Waals surface area contributed by atoms with Crippen LogP contribution < -0.4 is 16.0 Å². The van der Waals surface area contributed by atoms with Crippen LogP contribution in [0.1, 0.15) is 82.1 Å². The normalized spacial score (nSPS) is 29.8. The fourth-order valence-corrected chi connectivity index (χ4v) is 12.0. The van der Waals surface area contributed by atoms with Gasteiger partial charge < -0.3 is 39.1 Å². The summed E-state index contributed by atoms with van der Waals surface area (Å²) in [6, 6.07) is 6.58. The maximum Gasteiger partial charge on any atom is 0.472 e. The van der Waals surface area contributed by atoms with E-state index in [2.05, 4.69) is 36.8 Å². The minimum absolute atomic E-state index is 0.0208. The number of phosphoric acid groups is 1. The first-order valence-electron chi connectivity index (χ1n) is 21.1. The molecule has 0 radical (unpaired) electrons. The Hall–Kier alpha value is -4.22. The molecule has 0 saturated carbocycles. The summed E-state index contributed by atoms with van der Waals surface area (Å²) >= 11 is 0.824. The van der Waals surface area contributed by atoms with E-state index in [4.69, 9.17) is 38.3 Å². The zero-order valence-corrected chi connectivity index (χ0v) is 38.0. The lowest BCUT2D eigenvalue weighted by molar-refractivity contribution is -0.134. The number of carbonyl (C=O) groups is 1. The molecule has 3 aliphatic rings. The fourth-order valence-electron chi connectivity index (χ4n) is 7.76. The van der Waals surface area contributed by atoms with E-state index in [-0.39, 0.29) is 45.7 Å². The number of halogens is 2. The van der Waals surface area contributed by atoms with Gasteiger partial charge in [-0.2, -0.15) is 0 Å². The highest BCUT2D eigenvalue weighted by Gasteiger charge is 2.54. The predicted octanol–water partition coefficient (Wildman–Crippen LogP) is 6.37. The van der Waals surface area contributed by atoms with Crippen molar-refractivity contribution in [2.75, 3.05) is 25.3 Å². The van der Waals surface area contributed by atoms with Crippen LogP contribution in [-0.4, -0.2) is 106 Å². The first-order chi connectivity index (χ1) is 31.2. The van der Waals surface area contributed by atoms with Crippen LogP contribution in [0.3, 0.4) is 0 Å². The Kier molecular flexibility index (Phi) is 14.8. The summed E-state index contributed by atoms with van der Waals surface area (Å²) in [5.74, 6) is 0.249. The molecular weight excluding hydrogens is 918 g/mol. The number of hydrogen-bond donors (Lipinski definition) is 3. The van der Waals surface area contributed by atoms with Crippen LogP contribution >= 0.6 is 25.8 Å². The molecule has 352 valence electrons. The van der Waals surface area contributed by atoms with E-state index >= 15 is 8.78 Å². The van der Waals surface area contributed by atoms with Crippen LogP contribution in [0.2, 0.25) is 0 Å². The van der Waals surface area contributed by atoms with Crippen molar-refractivity contribution in [2.24, 2.45) is 0 Å². The van der Waals surface area contributed by atoms with Crippen LogP contribution in [0.25, 0.3) is 22.3 Å². The van der Waals surface area contributed by atoms with Crippen molar-refractivity contribution < 1.29 is 60.1 Å². The van der Waals surface area contributed by atoms with Gasteiger partial charge in [0.05, 0.1) is 25.9 Å². The predicted molar refractivity (Wildman–Crippen MR) is 230 cm³/mol. The highest BCUT2D eigenvalue weighted by atomic mass is 32.7. The van der Waals surface area contributed by atoms with E-state index in [1.807, 2.05) is 0 Å². The number of rotatable bonds is 14. The van der Waals surface area contributed by atoms with Crippen molar-refractivity contribution in [1.82, 2.24) is 39.0 Å². The molecule has 3 fully saturated rings. The minimum Gasteiger partial charge on any atom is -0.427 e. The Morgan fingerprint density at radius 1 is 0.908 bits per heavy atom. The van der Waals surface area contributed by atoms with E-state index in [1.165, 1.54) is 41.6 Å². The molecule has 8 rings (SSSR count). The van der Waals surface area contributed by atoms with Crippen molar-refractivity contribution in [2.45, 2.75) is 120 Å². The Balaban J connectivity index is 1.03. The molecule has 10 atom stereocenters. The lowest BCUT2D eigenvalue weighted by Gasteiger charge is -2.26. The number of aromatic amines is 1. The number of unbranched alkanes of at least 4 members (excludes halogenated alkanes) is 6. The van der Waals surface area contributed by atoms with E-state index < -0.39 is 88.7 Å². The molecule has 21 nitrogen and oxygen atoms in total. The van der Waals surface area contributed by atoms with Gasteiger partial charge in [0.25, 0.3) is 12.1 Å². The second-order valence-corrected chi connectivity index (χ2v) is 22.0. The molecular formula is C39H49F2N9O12P2S. The van der Waals surface area contributed by atoms with Gasteiger partial charge in [0, 0.05) is 12.2 Å². The van der Waals surface area contributed by atoms with Crippen molar-refractivity contribution in [3.05, 3.63) is 65.0 Å². The number of nitrogen functional groups attached to an aromatic ring is 1. The number of nitrogens with two attached hydrogens (primary N) is 1. The molecule has 3 saturated heterocycles. The summed E-state index contributed by atoms with van der Waals surface area (Å²) in [7, 11) is -5.24. The first kappa shape index (κ1) is 47.3. The summed E-state index contributed by atoms with van der Waals surface area (Å²) in [4.78, 5) is 59.3. The third-order valence-electron chi connectivity index (χ3n) is 11.1. The number of nitrogens with one attached hydrogen (secondary N) is 1. The summed E-state index contributed by atoms with van der Waals surface area (Å²) in [5.41, 5.74) is 6.09. The standard InChI is InChI=1S/C39H49F2N9O12P2S/c1-3-4-5-6-7-8-9-10-27(51)59-24-13-11-23(12-14-24)17-65-63(53)21-56-32-26(61-38(29(32)41)49-19-45-30-34(42)43-18-44-35(30)49)16-58-64(54,55)62-33-28(40)25(15-57-63)60-39(33)50-20-46-31-36(50)47-22(2)48-37(31)52/h11-14,18-20,25-26,28-29,32-33,38-39H,3-10,15-17,21H2,1-2H3,(H,54,55)(H2,42,43,44)(H,47,48,52)/t25-,26-,28-,29-,32-,33-,38-,39-,63?/m1/s1. The zero-order valence-electron chi connectivity index (χ0n) is 35.3. The lowest BCUT2D eigenvalue weighted by Crippen LogP contribution is -2.36. The number of anilines is 1. The van der Waals surface area contributed by atoms with Gasteiger partial charge in [0.1, 0.15) is 54.2 Å². The van der Waals surface area contributed by atoms with Gasteiger partial charge in [0.2, 0.25) is 0 Å². The molecule has 4 N–H and O–H groups in total. The molecule has 2 unspecified atom stereocenters. The molecule has 0 aliphatic carbocycles. The molecule has 3 aliphatic heterocycles. The first-order valence-corrected chi connectivity index (χ1v) is 26.0. The Bertz CT molecular complexity index is 2630. The van der Waals surface area contributed by atoms with Crippen molar-refractivity contribution in [1.29, 1.82) is 0 Å². The molecule has 7 heterocycles. The molecule has 0 amide bonds. The number of esters is 1. The third kappa shape index (κ3) is 10.8. The van der Waals surface area contributed by atoms with Gasteiger partial charge in [-0.05, 0) is 31.0 Å². The summed E-state index contributed by atoms with van der Waals surface area (Å²) < 4.78 is 104. The van der Waals surface area contributed by atoms with Gasteiger partial charge >= 0.3 is 13.8 Å². The number of phosphoric ester groups is 1. The number of aryl methyl sites for hydroxylation is 1. The number of H-pyrrole nitrogens is 1. The number of nitrogens with zero attached hydrogens (tertiary/aromatic N) is 7. The van der Waals surface area contributed by atoms with Crippen LogP contribution in [-0.2, 0) is 47.5 Å². The number of benzene rings is 1. The Morgan fingerprint density at radius 3 is 2.37 bits per heavy atom. The maximum absolute atomic E-state index is 16.7. The number of alkyl halides is 2. The van der Waals surface area contributed by atoms with Gasteiger partial charge in [-0.1, -0.05) is 69.0 Å². The van der Waals surface area contributed by atoms with Gasteiger partial charge in [-0.15, -0.1) is 0 Å². The molecule has 65 heavy (non-hydrogen) atoms. The monoisotopic (exact) mass is 967 g/mol. The third-order valence-corrected chi connectivity index (χ3v) is 16.2. The minimum atomic E-state index is -5.24. The SMILES string of the molecule is CCCCCCCCCC(=O)Oc1ccc(CSP2(=O)CO[C@H]3[C@@H](F)[C@H](n4cnc5c(N)ncnc54)O[C@@H]3COP(=O)(O)O[C@@H]3[C@H](F)[C@@H](CO2)O[C@H]3n2cnc3c(=O)[nH]c(C)nc32)cc1. The number of imidazole rings is 2. The van der Waals surface area contributed by atoms with Crippen LogP contribution in [0.4, 0.5) is 14.6 Å². The zero-order chi connectivity index (χ0) is 45.9. The van der Waals surface area contributed by atoms with E-state index in [9.17, 15) is 23.6 Å². The molecule has 0 spiro atoms. The number of fused-ring (bicyclic) bond motifs is 5. The quantitative estimate of drug-likeness (QED) is 0.0472. The topological polar surface area (TPSA) is 269 Å². The van der Waals surface area contributed by atoms with Crippen molar-refractivity contribution in [3.63, 3.8) is 0 Å². The molecule has 2 bridgehead atoms. The van der Waals surface area contributed by atoms with Crippen LogP contribution in [0.15, 0.2) is 48.0 Å². The van der Waals surface area contributed by atoms with Gasteiger partial charge in [-0.3, -0.25) is 32.3 Å². The summed E-state index contributed by atoms with van der Waals surface area (Å²) in [6.45, 7) is -1.98. The molecule has 26 heteroatoms. The smallest absolute Gasteiger partial charge is 0.427 e. The van der Waals surface area contributed by atoms with E-state index in [1.54, 1.807) is 24.3 Å². The maximum atomic E-state index is 16.7. The number of ether oxygens (including phenoxy) is 4. The van der Waals surface area contributed by atoms with Gasteiger partial charge in [0.15, 0.2) is 47.4 Å².